The SMILES string of the molecule is [O-][S+](c1ccc(-c2noc(C(F)(F)F)n2)cc1)c1ccc(F)cc1F. The lowest BCUT2D eigenvalue weighted by Crippen LogP contribution is -2.05. The standard InChI is InChI=1S/C15H7F5N2O2S/c16-9-3-6-12(11(17)7-9)25(23)10-4-1-8(2-5-10)13-21-14(24-22-13)15(18,19)20/h1-7H. The summed E-state index contributed by atoms with van der Waals surface area (Å²) < 4.78 is 80.3. The van der Waals surface area contributed by atoms with Gasteiger partial charge < -0.3 is 9.08 Å². The van der Waals surface area contributed by atoms with E-state index in [2.05, 4.69) is 14.7 Å². The molecule has 25 heavy (non-hydrogen) atoms. The Morgan fingerprint density at radius 2 is 1.68 bits per heavy atom. The molecule has 1 heterocycles. The number of alkyl halides is 3. The van der Waals surface area contributed by atoms with Gasteiger partial charge in [-0.2, -0.15) is 18.2 Å². The van der Waals surface area contributed by atoms with Crippen LogP contribution in [0.4, 0.5) is 22.0 Å². The third-order valence-electron chi connectivity index (χ3n) is 3.09. The highest BCUT2D eigenvalue weighted by molar-refractivity contribution is 7.91. The highest BCUT2D eigenvalue weighted by Crippen LogP contribution is 2.30. The van der Waals surface area contributed by atoms with E-state index >= 15 is 0 Å². The van der Waals surface area contributed by atoms with Crippen molar-refractivity contribution in [3.8, 4) is 11.4 Å². The molecule has 2 aromatic carbocycles. The molecule has 0 bridgehead atoms. The van der Waals surface area contributed by atoms with Gasteiger partial charge in [0.25, 0.3) is 0 Å². The minimum Gasteiger partial charge on any atom is -0.606 e. The molecular formula is C15H7F5N2O2S. The summed E-state index contributed by atoms with van der Waals surface area (Å²) in [5, 5.41) is 3.23. The maximum atomic E-state index is 13.7. The predicted octanol–water partition coefficient (Wildman–Crippen LogP) is 4.20. The zero-order chi connectivity index (χ0) is 18.2. The van der Waals surface area contributed by atoms with E-state index < -0.39 is 34.9 Å². The first-order valence-corrected chi connectivity index (χ1v) is 7.79. The molecule has 0 radical (unpaired) electrons. The Morgan fingerprint density at radius 3 is 2.24 bits per heavy atom. The van der Waals surface area contributed by atoms with Crippen LogP contribution in [-0.4, -0.2) is 14.7 Å². The minimum atomic E-state index is -4.76. The molecule has 0 aliphatic carbocycles. The van der Waals surface area contributed by atoms with Crippen LogP contribution in [0.2, 0.25) is 0 Å². The van der Waals surface area contributed by atoms with E-state index in [0.29, 0.717) is 6.07 Å². The van der Waals surface area contributed by atoms with Crippen LogP contribution in [-0.2, 0) is 17.4 Å². The molecule has 4 nitrogen and oxygen atoms in total. The number of hydrogen-bond donors (Lipinski definition) is 0. The van der Waals surface area contributed by atoms with Gasteiger partial charge in [-0.3, -0.25) is 0 Å². The highest BCUT2D eigenvalue weighted by Gasteiger charge is 2.38. The molecular weight excluding hydrogens is 367 g/mol. The fourth-order valence-corrected chi connectivity index (χ4v) is 3.00. The lowest BCUT2D eigenvalue weighted by atomic mass is 10.2. The Hall–Kier alpha value is -2.46. The van der Waals surface area contributed by atoms with E-state index in [0.717, 1.165) is 12.1 Å². The third kappa shape index (κ3) is 3.64. The number of benzene rings is 2. The maximum absolute atomic E-state index is 13.7. The summed E-state index contributed by atoms with van der Waals surface area (Å²) in [6, 6.07) is 7.92. The van der Waals surface area contributed by atoms with Gasteiger partial charge in [-0.05, 0) is 36.4 Å². The fraction of sp³-hybridized carbons (Fsp3) is 0.0667. The molecule has 130 valence electrons. The van der Waals surface area contributed by atoms with Crippen molar-refractivity contribution >= 4 is 11.2 Å². The van der Waals surface area contributed by atoms with Crippen LogP contribution in [0.15, 0.2) is 56.8 Å². The molecule has 0 aliphatic rings. The van der Waals surface area contributed by atoms with Gasteiger partial charge in [0.1, 0.15) is 5.82 Å². The molecule has 0 saturated carbocycles. The van der Waals surface area contributed by atoms with Gasteiger partial charge in [-0.1, -0.05) is 5.16 Å². The Bertz CT molecular complexity index is 896. The summed E-state index contributed by atoms with van der Waals surface area (Å²) in [6.45, 7) is 0. The van der Waals surface area contributed by atoms with Gasteiger partial charge in [-0.25, -0.2) is 8.78 Å². The minimum absolute atomic E-state index is 0.175. The lowest BCUT2D eigenvalue weighted by Gasteiger charge is -2.10. The normalized spacial score (nSPS) is 13.0. The summed E-state index contributed by atoms with van der Waals surface area (Å²) in [6.07, 6.45) is -4.76. The molecule has 1 aromatic heterocycles. The number of nitrogens with zero attached hydrogens (tertiary/aromatic N) is 2. The summed E-state index contributed by atoms with van der Waals surface area (Å²) in [5.41, 5.74) is 0.194. The van der Waals surface area contributed by atoms with Gasteiger partial charge in [0.05, 0.1) is 0 Å². The van der Waals surface area contributed by atoms with Crippen molar-refractivity contribution in [1.29, 1.82) is 0 Å². The van der Waals surface area contributed by atoms with E-state index in [1.165, 1.54) is 24.3 Å². The molecule has 0 spiro atoms. The number of hydrogen-bond acceptors (Lipinski definition) is 4. The smallest absolute Gasteiger partial charge is 0.471 e. The van der Waals surface area contributed by atoms with E-state index in [-0.39, 0.29) is 21.2 Å². The van der Waals surface area contributed by atoms with Crippen LogP contribution >= 0.6 is 0 Å². The first-order valence-electron chi connectivity index (χ1n) is 6.64. The van der Waals surface area contributed by atoms with Crippen LogP contribution in [0.5, 0.6) is 0 Å². The van der Waals surface area contributed by atoms with Gasteiger partial charge >= 0.3 is 12.1 Å². The first kappa shape index (κ1) is 17.4. The first-order chi connectivity index (χ1) is 11.8. The summed E-state index contributed by atoms with van der Waals surface area (Å²) in [7, 11) is 0. The van der Waals surface area contributed by atoms with Gasteiger partial charge in [0.15, 0.2) is 15.6 Å². The molecule has 10 heteroatoms. The van der Waals surface area contributed by atoms with Crippen molar-refractivity contribution < 1.29 is 31.0 Å². The van der Waals surface area contributed by atoms with Crippen LogP contribution in [0.3, 0.4) is 0 Å². The molecule has 0 N–H and O–H groups in total. The quantitative estimate of drug-likeness (QED) is 0.509. The largest absolute Gasteiger partial charge is 0.606 e. The monoisotopic (exact) mass is 374 g/mol. The van der Waals surface area contributed by atoms with Crippen molar-refractivity contribution in [3.63, 3.8) is 0 Å². The Morgan fingerprint density at radius 1 is 1.00 bits per heavy atom. The molecule has 0 aliphatic heterocycles. The van der Waals surface area contributed by atoms with Crippen molar-refractivity contribution in [2.24, 2.45) is 0 Å². The molecule has 3 aromatic rings. The van der Waals surface area contributed by atoms with Crippen LogP contribution in [0, 0.1) is 11.6 Å². The van der Waals surface area contributed by atoms with Crippen molar-refractivity contribution in [2.75, 3.05) is 0 Å². The molecule has 0 fully saturated rings. The second kappa shape index (κ2) is 6.45. The highest BCUT2D eigenvalue weighted by atomic mass is 32.2. The van der Waals surface area contributed by atoms with Crippen LogP contribution < -0.4 is 0 Å². The van der Waals surface area contributed by atoms with E-state index in [4.69, 9.17) is 0 Å². The molecule has 1 atom stereocenters. The Labute approximate surface area is 140 Å². The van der Waals surface area contributed by atoms with Crippen molar-refractivity contribution in [1.82, 2.24) is 10.1 Å². The molecule has 0 saturated heterocycles. The number of aromatic nitrogens is 2. The topological polar surface area (TPSA) is 62.0 Å². The molecule has 3 rings (SSSR count). The predicted molar refractivity (Wildman–Crippen MR) is 75.8 cm³/mol. The summed E-state index contributed by atoms with van der Waals surface area (Å²) in [4.78, 5) is 3.19. The molecule has 0 amide bonds. The van der Waals surface area contributed by atoms with Crippen molar-refractivity contribution in [3.05, 3.63) is 60.0 Å². The Balaban J connectivity index is 1.86. The summed E-state index contributed by atoms with van der Waals surface area (Å²) in [5.74, 6) is -3.54. The average Bonchev–Trinajstić information content (AvgIpc) is 3.05. The maximum Gasteiger partial charge on any atom is 0.471 e. The van der Waals surface area contributed by atoms with Gasteiger partial charge in [-0.15, -0.1) is 0 Å². The zero-order valence-corrected chi connectivity index (χ0v) is 12.9. The number of rotatable bonds is 3. The summed E-state index contributed by atoms with van der Waals surface area (Å²) >= 11 is -1.93. The second-order valence-corrected chi connectivity index (χ2v) is 6.24. The van der Waals surface area contributed by atoms with Gasteiger partial charge in [0.2, 0.25) is 5.82 Å². The van der Waals surface area contributed by atoms with E-state index in [1.54, 1.807) is 0 Å². The van der Waals surface area contributed by atoms with Crippen molar-refractivity contribution in [2.45, 2.75) is 16.0 Å². The van der Waals surface area contributed by atoms with Crippen LogP contribution in [0.25, 0.3) is 11.4 Å². The van der Waals surface area contributed by atoms with Gasteiger partial charge in [0, 0.05) is 22.8 Å². The Kier molecular flexibility index (Phi) is 4.48. The average molecular weight is 374 g/mol. The van der Waals surface area contributed by atoms with Crippen LogP contribution in [0.1, 0.15) is 5.89 Å². The van der Waals surface area contributed by atoms with E-state index in [9.17, 15) is 26.5 Å². The fourth-order valence-electron chi connectivity index (χ4n) is 1.94. The third-order valence-corrected chi connectivity index (χ3v) is 4.52. The van der Waals surface area contributed by atoms with E-state index in [1.807, 2.05) is 0 Å². The second-order valence-electron chi connectivity index (χ2n) is 4.79. The zero-order valence-electron chi connectivity index (χ0n) is 12.1. The molecule has 1 unspecified atom stereocenters. The lowest BCUT2D eigenvalue weighted by molar-refractivity contribution is -0.159. The number of halogens is 5.